The van der Waals surface area contributed by atoms with Crippen LogP contribution in [0.5, 0.6) is 0 Å². The molecule has 0 aliphatic rings. The Kier molecular flexibility index (Phi) is 6.16. The zero-order chi connectivity index (χ0) is 17.0. The van der Waals surface area contributed by atoms with Gasteiger partial charge < -0.3 is 10.4 Å². The molecule has 2 N–H and O–H groups in total. The summed E-state index contributed by atoms with van der Waals surface area (Å²) in [5.41, 5.74) is 2.76. The van der Waals surface area contributed by atoms with E-state index in [0.29, 0.717) is 18.2 Å². The minimum atomic E-state index is -0.256. The molecule has 126 valence electrons. The summed E-state index contributed by atoms with van der Waals surface area (Å²) >= 11 is 6.44. The number of hydrogen-bond donors (Lipinski definition) is 2. The second-order valence-electron chi connectivity index (χ2n) is 5.97. The van der Waals surface area contributed by atoms with Gasteiger partial charge in [0.05, 0.1) is 12.2 Å². The van der Waals surface area contributed by atoms with Crippen LogP contribution in [-0.2, 0) is 13.1 Å². The van der Waals surface area contributed by atoms with Crippen molar-refractivity contribution < 1.29 is 9.50 Å². The van der Waals surface area contributed by atoms with Crippen LogP contribution >= 0.6 is 11.6 Å². The second kappa shape index (κ2) is 7.90. The SMILES string of the molecule is Cc1nn(Cc2ccc(F)cc2)c(Cl)c1CNC(C)C(C)CO. The first-order chi connectivity index (χ1) is 10.9. The largest absolute Gasteiger partial charge is 0.396 e. The van der Waals surface area contributed by atoms with E-state index in [0.717, 1.165) is 16.8 Å². The monoisotopic (exact) mass is 339 g/mol. The second-order valence-corrected chi connectivity index (χ2v) is 6.33. The van der Waals surface area contributed by atoms with E-state index in [1.54, 1.807) is 16.8 Å². The van der Waals surface area contributed by atoms with Crippen molar-refractivity contribution in [2.45, 2.75) is 39.9 Å². The van der Waals surface area contributed by atoms with Crippen molar-refractivity contribution in [3.8, 4) is 0 Å². The highest BCUT2D eigenvalue weighted by molar-refractivity contribution is 6.30. The Morgan fingerprint density at radius 3 is 2.57 bits per heavy atom. The van der Waals surface area contributed by atoms with E-state index < -0.39 is 0 Å². The molecule has 4 nitrogen and oxygen atoms in total. The maximum Gasteiger partial charge on any atom is 0.132 e. The quantitative estimate of drug-likeness (QED) is 0.814. The van der Waals surface area contributed by atoms with Gasteiger partial charge in [-0.05, 0) is 37.5 Å². The fraction of sp³-hybridized carbons (Fsp3) is 0.471. The number of halogens is 2. The van der Waals surface area contributed by atoms with Gasteiger partial charge in [0.25, 0.3) is 0 Å². The Morgan fingerprint density at radius 2 is 1.96 bits per heavy atom. The number of nitrogens with one attached hydrogen (secondary N) is 1. The topological polar surface area (TPSA) is 50.1 Å². The highest BCUT2D eigenvalue weighted by Gasteiger charge is 2.16. The Hall–Kier alpha value is -1.43. The van der Waals surface area contributed by atoms with Crippen LogP contribution in [0.15, 0.2) is 24.3 Å². The minimum absolute atomic E-state index is 0.144. The van der Waals surface area contributed by atoms with Crippen molar-refractivity contribution in [3.63, 3.8) is 0 Å². The molecule has 2 atom stereocenters. The summed E-state index contributed by atoms with van der Waals surface area (Å²) < 4.78 is 14.7. The minimum Gasteiger partial charge on any atom is -0.396 e. The van der Waals surface area contributed by atoms with Crippen molar-refractivity contribution in [3.05, 3.63) is 52.1 Å². The predicted octanol–water partition coefficient (Wildman–Crippen LogP) is 3.14. The Balaban J connectivity index is 2.08. The number of rotatable bonds is 7. The van der Waals surface area contributed by atoms with Crippen molar-refractivity contribution in [1.82, 2.24) is 15.1 Å². The number of aryl methyl sites for hydroxylation is 1. The van der Waals surface area contributed by atoms with Crippen LogP contribution in [0.1, 0.15) is 30.7 Å². The summed E-state index contributed by atoms with van der Waals surface area (Å²) in [5, 5.41) is 17.6. The van der Waals surface area contributed by atoms with Gasteiger partial charge in [0.1, 0.15) is 11.0 Å². The van der Waals surface area contributed by atoms with Crippen LogP contribution < -0.4 is 5.32 Å². The average molecular weight is 340 g/mol. The molecule has 0 saturated carbocycles. The van der Waals surface area contributed by atoms with Crippen LogP contribution in [0, 0.1) is 18.7 Å². The van der Waals surface area contributed by atoms with E-state index in [1.165, 1.54) is 12.1 Å². The molecule has 0 fully saturated rings. The molecule has 0 radical (unpaired) electrons. The molecule has 0 aliphatic heterocycles. The summed E-state index contributed by atoms with van der Waals surface area (Å²) in [6, 6.07) is 6.49. The fourth-order valence-corrected chi connectivity index (χ4v) is 2.58. The molecule has 1 aromatic heterocycles. The first kappa shape index (κ1) is 17.9. The number of nitrogens with zero attached hydrogens (tertiary/aromatic N) is 2. The molecule has 0 spiro atoms. The zero-order valence-electron chi connectivity index (χ0n) is 13.7. The molecular weight excluding hydrogens is 317 g/mol. The van der Waals surface area contributed by atoms with Gasteiger partial charge in [0, 0.05) is 24.8 Å². The molecule has 23 heavy (non-hydrogen) atoms. The summed E-state index contributed by atoms with van der Waals surface area (Å²) in [5.74, 6) is -0.0864. The Labute approximate surface area is 141 Å². The molecule has 1 heterocycles. The number of aromatic nitrogens is 2. The molecule has 2 rings (SSSR count). The number of aliphatic hydroxyl groups excluding tert-OH is 1. The predicted molar refractivity (Wildman–Crippen MR) is 90.0 cm³/mol. The highest BCUT2D eigenvalue weighted by atomic mass is 35.5. The third kappa shape index (κ3) is 4.53. The lowest BCUT2D eigenvalue weighted by Crippen LogP contribution is -2.33. The summed E-state index contributed by atoms with van der Waals surface area (Å²) in [7, 11) is 0. The molecule has 0 aliphatic carbocycles. The van der Waals surface area contributed by atoms with Crippen molar-refractivity contribution in [1.29, 1.82) is 0 Å². The van der Waals surface area contributed by atoms with Crippen molar-refractivity contribution in [2.24, 2.45) is 5.92 Å². The third-order valence-corrected chi connectivity index (χ3v) is 4.59. The third-order valence-electron chi connectivity index (χ3n) is 4.17. The van der Waals surface area contributed by atoms with Gasteiger partial charge in [0.15, 0.2) is 0 Å². The maximum absolute atomic E-state index is 13.0. The number of aliphatic hydroxyl groups is 1. The van der Waals surface area contributed by atoms with Crippen molar-refractivity contribution in [2.75, 3.05) is 6.61 Å². The molecular formula is C17H23ClFN3O. The molecule has 2 aromatic rings. The van der Waals surface area contributed by atoms with Crippen LogP contribution in [-0.4, -0.2) is 27.5 Å². The first-order valence-corrected chi connectivity index (χ1v) is 8.10. The van der Waals surface area contributed by atoms with E-state index in [2.05, 4.69) is 10.4 Å². The van der Waals surface area contributed by atoms with Gasteiger partial charge in [0.2, 0.25) is 0 Å². The van der Waals surface area contributed by atoms with E-state index in [-0.39, 0.29) is 24.4 Å². The lowest BCUT2D eigenvalue weighted by molar-refractivity contribution is 0.207. The Bertz CT molecular complexity index is 642. The zero-order valence-corrected chi connectivity index (χ0v) is 14.4. The van der Waals surface area contributed by atoms with Crippen LogP contribution in [0.25, 0.3) is 0 Å². The molecule has 0 amide bonds. The van der Waals surface area contributed by atoms with E-state index in [1.807, 2.05) is 20.8 Å². The standard InChI is InChI=1S/C17H23ClFN3O/c1-11(10-23)12(2)20-8-16-13(3)21-22(17(16)18)9-14-4-6-15(19)7-5-14/h4-7,11-12,20,23H,8-10H2,1-3H3. The van der Waals surface area contributed by atoms with E-state index in [9.17, 15) is 9.50 Å². The van der Waals surface area contributed by atoms with Crippen LogP contribution in [0.4, 0.5) is 4.39 Å². The summed E-state index contributed by atoms with van der Waals surface area (Å²) in [6.07, 6.45) is 0. The highest BCUT2D eigenvalue weighted by Crippen LogP contribution is 2.21. The molecule has 0 bridgehead atoms. The first-order valence-electron chi connectivity index (χ1n) is 7.72. The summed E-state index contributed by atoms with van der Waals surface area (Å²) in [6.45, 7) is 7.19. The lowest BCUT2D eigenvalue weighted by atomic mass is 10.1. The smallest absolute Gasteiger partial charge is 0.132 e. The fourth-order valence-electron chi connectivity index (χ4n) is 2.28. The van der Waals surface area contributed by atoms with E-state index in [4.69, 9.17) is 11.6 Å². The molecule has 2 unspecified atom stereocenters. The van der Waals surface area contributed by atoms with Crippen molar-refractivity contribution >= 4 is 11.6 Å². The number of hydrogen-bond acceptors (Lipinski definition) is 3. The van der Waals surface area contributed by atoms with Gasteiger partial charge in [-0.3, -0.25) is 0 Å². The van der Waals surface area contributed by atoms with Gasteiger partial charge in [-0.15, -0.1) is 0 Å². The van der Waals surface area contributed by atoms with Crippen LogP contribution in [0.2, 0.25) is 5.15 Å². The Morgan fingerprint density at radius 1 is 1.30 bits per heavy atom. The summed E-state index contributed by atoms with van der Waals surface area (Å²) in [4.78, 5) is 0. The van der Waals surface area contributed by atoms with E-state index >= 15 is 0 Å². The normalized spacial score (nSPS) is 14.0. The van der Waals surface area contributed by atoms with Gasteiger partial charge >= 0.3 is 0 Å². The maximum atomic E-state index is 13.0. The molecule has 6 heteroatoms. The van der Waals surface area contributed by atoms with Crippen LogP contribution in [0.3, 0.4) is 0 Å². The van der Waals surface area contributed by atoms with Gasteiger partial charge in [-0.1, -0.05) is 30.7 Å². The lowest BCUT2D eigenvalue weighted by Gasteiger charge is -2.19. The van der Waals surface area contributed by atoms with Gasteiger partial charge in [-0.25, -0.2) is 9.07 Å². The number of benzene rings is 1. The average Bonchev–Trinajstić information content (AvgIpc) is 2.80. The molecule has 0 saturated heterocycles. The molecule has 1 aromatic carbocycles. The van der Waals surface area contributed by atoms with Gasteiger partial charge in [-0.2, -0.15) is 5.10 Å².